The summed E-state index contributed by atoms with van der Waals surface area (Å²) in [6, 6.07) is 6.50. The van der Waals surface area contributed by atoms with E-state index in [1.54, 1.807) is 12.1 Å². The lowest BCUT2D eigenvalue weighted by Gasteiger charge is -2.02. The molecule has 72 valence electrons. The summed E-state index contributed by atoms with van der Waals surface area (Å²) in [5.41, 5.74) is 0.987. The highest BCUT2D eigenvalue weighted by Gasteiger charge is 2.13. The topological polar surface area (TPSA) is 43.4 Å². The monoisotopic (exact) mass is 264 g/mol. The first-order valence-electron chi connectivity index (χ1n) is 3.58. The van der Waals surface area contributed by atoms with Crippen molar-refractivity contribution in [2.45, 2.75) is 11.8 Å². The Morgan fingerprint density at radius 3 is 2.31 bits per heavy atom. The van der Waals surface area contributed by atoms with Crippen molar-refractivity contribution in [3.05, 3.63) is 29.8 Å². The third-order valence-corrected chi connectivity index (χ3v) is 3.32. The van der Waals surface area contributed by atoms with Crippen molar-refractivity contribution in [2.24, 2.45) is 0 Å². The third kappa shape index (κ3) is 2.79. The normalized spacial score (nSPS) is 11.5. The van der Waals surface area contributed by atoms with Gasteiger partial charge in [0.15, 0.2) is 0 Å². The third-order valence-electron chi connectivity index (χ3n) is 1.51. The van der Waals surface area contributed by atoms with Crippen LogP contribution in [-0.4, -0.2) is 13.9 Å². The first-order chi connectivity index (χ1) is 6.06. The molecule has 1 aromatic rings. The van der Waals surface area contributed by atoms with Crippen molar-refractivity contribution in [1.82, 2.24) is 0 Å². The molecule has 0 fully saturated rings. The molecule has 0 aliphatic carbocycles. The maximum Gasteiger partial charge on any atom is 0.297 e. The Bertz CT molecular complexity index is 369. The van der Waals surface area contributed by atoms with Gasteiger partial charge < -0.3 is 0 Å². The SMILES string of the molecule is Cc1ccc(S(=O)(=O)OCBr)cc1. The van der Waals surface area contributed by atoms with Crippen LogP contribution in [0.2, 0.25) is 0 Å². The van der Waals surface area contributed by atoms with Crippen molar-refractivity contribution in [2.75, 3.05) is 5.52 Å². The van der Waals surface area contributed by atoms with Crippen molar-refractivity contribution >= 4 is 26.0 Å². The van der Waals surface area contributed by atoms with Crippen LogP contribution < -0.4 is 0 Å². The molecular weight excluding hydrogens is 256 g/mol. The Morgan fingerprint density at radius 2 is 1.85 bits per heavy atom. The van der Waals surface area contributed by atoms with Gasteiger partial charge in [0.1, 0.15) is 5.52 Å². The molecule has 3 nitrogen and oxygen atoms in total. The minimum absolute atomic E-state index is 0.0246. The molecule has 1 aromatic carbocycles. The Labute approximate surface area is 86.0 Å². The highest BCUT2D eigenvalue weighted by Crippen LogP contribution is 2.13. The molecule has 0 saturated heterocycles. The minimum Gasteiger partial charge on any atom is -0.255 e. The summed E-state index contributed by atoms with van der Waals surface area (Å²) >= 11 is 2.90. The van der Waals surface area contributed by atoms with Gasteiger partial charge in [-0.25, -0.2) is 0 Å². The summed E-state index contributed by atoms with van der Waals surface area (Å²) < 4.78 is 27.1. The van der Waals surface area contributed by atoms with E-state index in [0.29, 0.717) is 0 Å². The lowest BCUT2D eigenvalue weighted by Crippen LogP contribution is -2.04. The molecule has 0 heterocycles. The fraction of sp³-hybridized carbons (Fsp3) is 0.250. The number of benzene rings is 1. The lowest BCUT2D eigenvalue weighted by atomic mass is 10.2. The van der Waals surface area contributed by atoms with Crippen LogP contribution in [0, 0.1) is 6.92 Å². The molecule has 0 bridgehead atoms. The van der Waals surface area contributed by atoms with Crippen LogP contribution in [0.5, 0.6) is 0 Å². The van der Waals surface area contributed by atoms with Gasteiger partial charge in [-0.1, -0.05) is 33.6 Å². The second kappa shape index (κ2) is 4.21. The molecule has 0 unspecified atom stereocenters. The molecule has 0 radical (unpaired) electrons. The standard InChI is InChI=1S/C8H9BrO3S/c1-7-2-4-8(5-3-7)13(10,11)12-6-9/h2-5H,6H2,1H3. The zero-order valence-electron chi connectivity index (χ0n) is 7.03. The quantitative estimate of drug-likeness (QED) is 0.620. The average Bonchev–Trinajstić information content (AvgIpc) is 2.05. The highest BCUT2D eigenvalue weighted by molar-refractivity contribution is 9.09. The molecule has 0 aliphatic heterocycles. The molecule has 0 aliphatic rings. The van der Waals surface area contributed by atoms with E-state index < -0.39 is 10.1 Å². The maximum atomic E-state index is 11.3. The summed E-state index contributed by atoms with van der Waals surface area (Å²) in [6.45, 7) is 1.89. The fourth-order valence-electron chi connectivity index (χ4n) is 0.832. The van der Waals surface area contributed by atoms with Crippen LogP contribution in [0.4, 0.5) is 0 Å². The molecule has 13 heavy (non-hydrogen) atoms. The van der Waals surface area contributed by atoms with Crippen LogP contribution >= 0.6 is 15.9 Å². The number of rotatable bonds is 3. The van der Waals surface area contributed by atoms with Crippen LogP contribution in [0.3, 0.4) is 0 Å². The number of hydrogen-bond acceptors (Lipinski definition) is 3. The van der Waals surface area contributed by atoms with Crippen LogP contribution in [0.25, 0.3) is 0 Å². The Morgan fingerprint density at radius 1 is 1.31 bits per heavy atom. The lowest BCUT2D eigenvalue weighted by molar-refractivity contribution is 0.385. The molecule has 0 spiro atoms. The van der Waals surface area contributed by atoms with Gasteiger partial charge >= 0.3 is 0 Å². The van der Waals surface area contributed by atoms with Gasteiger partial charge in [-0.2, -0.15) is 8.42 Å². The molecule has 5 heteroatoms. The summed E-state index contributed by atoms with van der Waals surface area (Å²) in [5, 5.41) is 0. The van der Waals surface area contributed by atoms with Gasteiger partial charge in [-0.3, -0.25) is 4.18 Å². The molecule has 0 atom stereocenters. The van der Waals surface area contributed by atoms with E-state index in [4.69, 9.17) is 0 Å². The molecule has 0 amide bonds. The van der Waals surface area contributed by atoms with Gasteiger partial charge in [0.25, 0.3) is 10.1 Å². The first kappa shape index (κ1) is 10.7. The minimum atomic E-state index is -3.57. The van der Waals surface area contributed by atoms with E-state index in [-0.39, 0.29) is 10.4 Å². The van der Waals surface area contributed by atoms with E-state index in [0.717, 1.165) is 5.56 Å². The number of hydrogen-bond donors (Lipinski definition) is 0. The maximum absolute atomic E-state index is 11.3. The van der Waals surface area contributed by atoms with Gasteiger partial charge in [0.2, 0.25) is 0 Å². The largest absolute Gasteiger partial charge is 0.297 e. The van der Waals surface area contributed by atoms with E-state index >= 15 is 0 Å². The van der Waals surface area contributed by atoms with Gasteiger partial charge in [0.05, 0.1) is 4.90 Å². The summed E-state index contributed by atoms with van der Waals surface area (Å²) in [6.07, 6.45) is 0. The van der Waals surface area contributed by atoms with Crippen molar-refractivity contribution in [1.29, 1.82) is 0 Å². The molecule has 0 N–H and O–H groups in total. The van der Waals surface area contributed by atoms with E-state index in [1.165, 1.54) is 12.1 Å². The molecule has 0 aromatic heterocycles. The number of halogens is 1. The van der Waals surface area contributed by atoms with Gasteiger partial charge in [-0.15, -0.1) is 0 Å². The van der Waals surface area contributed by atoms with E-state index in [2.05, 4.69) is 20.1 Å². The van der Waals surface area contributed by atoms with Gasteiger partial charge in [-0.05, 0) is 19.1 Å². The molecule has 1 rings (SSSR count). The predicted molar refractivity (Wildman–Crippen MR) is 53.2 cm³/mol. The summed E-state index contributed by atoms with van der Waals surface area (Å²) in [5.74, 6) is 0. The zero-order valence-corrected chi connectivity index (χ0v) is 9.43. The van der Waals surface area contributed by atoms with Crippen molar-refractivity contribution in [3.8, 4) is 0 Å². The van der Waals surface area contributed by atoms with Crippen LogP contribution in [0.15, 0.2) is 29.2 Å². The first-order valence-corrected chi connectivity index (χ1v) is 6.11. The Kier molecular flexibility index (Phi) is 3.47. The predicted octanol–water partition coefficient (Wildman–Crippen LogP) is 2.05. The van der Waals surface area contributed by atoms with E-state index in [9.17, 15) is 8.42 Å². The van der Waals surface area contributed by atoms with Crippen molar-refractivity contribution in [3.63, 3.8) is 0 Å². The smallest absolute Gasteiger partial charge is 0.255 e. The molecule has 0 saturated carbocycles. The summed E-state index contributed by atoms with van der Waals surface area (Å²) in [7, 11) is -3.57. The van der Waals surface area contributed by atoms with Crippen molar-refractivity contribution < 1.29 is 12.6 Å². The zero-order chi connectivity index (χ0) is 9.90. The van der Waals surface area contributed by atoms with E-state index in [1.807, 2.05) is 6.92 Å². The summed E-state index contributed by atoms with van der Waals surface area (Å²) in [4.78, 5) is 0.178. The number of aryl methyl sites for hydroxylation is 1. The fourth-order valence-corrected chi connectivity index (χ4v) is 2.29. The second-order valence-corrected chi connectivity index (χ2v) is 4.57. The average molecular weight is 265 g/mol. The highest BCUT2D eigenvalue weighted by atomic mass is 79.9. The van der Waals surface area contributed by atoms with Gasteiger partial charge in [0, 0.05) is 0 Å². The van der Waals surface area contributed by atoms with Crippen LogP contribution in [0.1, 0.15) is 5.56 Å². The van der Waals surface area contributed by atoms with Crippen LogP contribution in [-0.2, 0) is 14.3 Å². The Hall–Kier alpha value is -0.390. The number of alkyl halides is 1. The second-order valence-electron chi connectivity index (χ2n) is 2.49. The molecular formula is C8H9BrO3S. The Balaban J connectivity index is 3.02.